The van der Waals surface area contributed by atoms with Crippen molar-refractivity contribution in [1.82, 2.24) is 5.32 Å². The van der Waals surface area contributed by atoms with Gasteiger partial charge in [0, 0.05) is 13.4 Å². The van der Waals surface area contributed by atoms with E-state index in [4.69, 9.17) is 5.73 Å². The van der Waals surface area contributed by atoms with Gasteiger partial charge in [0.15, 0.2) is 0 Å². The van der Waals surface area contributed by atoms with Crippen LogP contribution in [0.2, 0.25) is 0 Å². The van der Waals surface area contributed by atoms with Crippen molar-refractivity contribution in [2.45, 2.75) is 0 Å². The molecule has 0 heterocycles. The van der Waals surface area contributed by atoms with E-state index >= 15 is 0 Å². The molecule has 0 aliphatic rings. The van der Waals surface area contributed by atoms with E-state index < -0.39 is 0 Å². The van der Waals surface area contributed by atoms with Crippen molar-refractivity contribution in [1.29, 1.82) is 0 Å². The molecule has 0 aromatic heterocycles. The van der Waals surface area contributed by atoms with E-state index in [0.717, 1.165) is 13.4 Å². The van der Waals surface area contributed by atoms with E-state index in [1.807, 2.05) is 0 Å². The zero-order valence-electron chi connectivity index (χ0n) is 9.10. The predicted molar refractivity (Wildman–Crippen MR) is 80.2 cm³/mol. The molecule has 0 atom stereocenters. The molecule has 1 aromatic rings. The minimum Gasteiger partial charge on any atom is -0.346 e. The number of halogens is 3. The van der Waals surface area contributed by atoms with Crippen molar-refractivity contribution in [3.8, 4) is 0 Å². The Balaban J connectivity index is 2.68. The summed E-state index contributed by atoms with van der Waals surface area (Å²) in [6.07, 6.45) is 0. The van der Waals surface area contributed by atoms with Gasteiger partial charge in [-0.1, -0.05) is 15.9 Å². The highest BCUT2D eigenvalue weighted by molar-refractivity contribution is 9.11. The Kier molecular flexibility index (Phi) is 6.27. The van der Waals surface area contributed by atoms with Gasteiger partial charge in [-0.2, -0.15) is 0 Å². The maximum absolute atomic E-state index is 11.6. The lowest BCUT2D eigenvalue weighted by Gasteiger charge is -2.10. The summed E-state index contributed by atoms with van der Waals surface area (Å²) in [7, 11) is 0. The molecule has 5 nitrogen and oxygen atoms in total. The Morgan fingerprint density at radius 3 is 2.17 bits per heavy atom. The van der Waals surface area contributed by atoms with Crippen molar-refractivity contribution in [2.75, 3.05) is 18.4 Å². The van der Waals surface area contributed by atoms with E-state index in [-0.39, 0.29) is 24.9 Å². The van der Waals surface area contributed by atoms with E-state index in [1.165, 1.54) is 0 Å². The molecule has 1 aromatic carbocycles. The molecule has 0 aliphatic heterocycles. The Bertz CT molecular complexity index is 456. The van der Waals surface area contributed by atoms with E-state index in [0.29, 0.717) is 5.69 Å². The fourth-order valence-corrected chi connectivity index (χ4v) is 3.55. The zero-order valence-corrected chi connectivity index (χ0v) is 13.9. The number of amides is 2. The molecule has 18 heavy (non-hydrogen) atoms. The van der Waals surface area contributed by atoms with Crippen LogP contribution in [0, 0.1) is 0 Å². The minimum absolute atomic E-state index is 0.120. The number of rotatable bonds is 4. The second-order valence-corrected chi connectivity index (χ2v) is 5.90. The van der Waals surface area contributed by atoms with Crippen LogP contribution >= 0.6 is 47.8 Å². The maximum atomic E-state index is 11.6. The van der Waals surface area contributed by atoms with Gasteiger partial charge < -0.3 is 16.4 Å². The smallest absolute Gasteiger partial charge is 0.243 e. The van der Waals surface area contributed by atoms with Gasteiger partial charge in [-0.3, -0.25) is 9.59 Å². The van der Waals surface area contributed by atoms with Crippen LogP contribution in [0.5, 0.6) is 0 Å². The molecule has 0 unspecified atom stereocenters. The van der Waals surface area contributed by atoms with Crippen LogP contribution in [0.1, 0.15) is 0 Å². The van der Waals surface area contributed by atoms with Crippen LogP contribution in [-0.2, 0) is 9.59 Å². The van der Waals surface area contributed by atoms with Crippen LogP contribution in [-0.4, -0.2) is 24.9 Å². The van der Waals surface area contributed by atoms with E-state index in [9.17, 15) is 9.59 Å². The fourth-order valence-electron chi connectivity index (χ4n) is 1.10. The number of nitrogens with one attached hydrogen (secondary N) is 2. The van der Waals surface area contributed by atoms with Crippen molar-refractivity contribution in [3.63, 3.8) is 0 Å². The van der Waals surface area contributed by atoms with Crippen LogP contribution < -0.4 is 16.4 Å². The fraction of sp³-hybridized carbons (Fsp3) is 0.200. The van der Waals surface area contributed by atoms with Crippen molar-refractivity contribution < 1.29 is 9.59 Å². The first-order valence-corrected chi connectivity index (χ1v) is 7.23. The molecule has 0 bridgehead atoms. The highest BCUT2D eigenvalue weighted by Gasteiger charge is 2.11. The van der Waals surface area contributed by atoms with Crippen molar-refractivity contribution in [2.24, 2.45) is 5.73 Å². The molecular weight excluding hydrogens is 434 g/mol. The largest absolute Gasteiger partial charge is 0.346 e. The number of anilines is 1. The van der Waals surface area contributed by atoms with Crippen LogP contribution in [0.4, 0.5) is 5.69 Å². The number of hydrogen-bond acceptors (Lipinski definition) is 3. The summed E-state index contributed by atoms with van der Waals surface area (Å²) >= 11 is 10.0. The molecule has 0 saturated heterocycles. The van der Waals surface area contributed by atoms with E-state index in [2.05, 4.69) is 58.4 Å². The number of carbonyl (C=O) groups is 2. The first-order chi connectivity index (χ1) is 8.43. The second-order valence-electron chi connectivity index (χ2n) is 3.27. The molecule has 0 radical (unpaired) electrons. The number of benzene rings is 1. The average Bonchev–Trinajstić information content (AvgIpc) is 2.30. The normalized spacial score (nSPS) is 10.0. The van der Waals surface area contributed by atoms with Gasteiger partial charge in [-0.05, 0) is 44.0 Å². The van der Waals surface area contributed by atoms with Crippen molar-refractivity contribution >= 4 is 65.3 Å². The SMILES string of the molecule is NCC(=O)NCC(=O)Nc1c(Br)cc(Br)cc1Br. The lowest BCUT2D eigenvalue weighted by Crippen LogP contribution is -2.36. The molecule has 4 N–H and O–H groups in total. The Morgan fingerprint density at radius 2 is 1.67 bits per heavy atom. The molecule has 0 saturated carbocycles. The molecule has 0 fully saturated rings. The summed E-state index contributed by atoms with van der Waals surface area (Å²) in [5.41, 5.74) is 5.71. The van der Waals surface area contributed by atoms with Crippen LogP contribution in [0.25, 0.3) is 0 Å². The van der Waals surface area contributed by atoms with Gasteiger partial charge in [0.25, 0.3) is 0 Å². The van der Waals surface area contributed by atoms with Crippen LogP contribution in [0.3, 0.4) is 0 Å². The maximum Gasteiger partial charge on any atom is 0.243 e. The molecule has 8 heteroatoms. The van der Waals surface area contributed by atoms with Gasteiger partial charge in [0.2, 0.25) is 11.8 Å². The summed E-state index contributed by atoms with van der Waals surface area (Å²) in [5.74, 6) is -0.709. The summed E-state index contributed by atoms with van der Waals surface area (Å²) in [6, 6.07) is 3.61. The third-order valence-corrected chi connectivity index (χ3v) is 3.61. The monoisotopic (exact) mass is 441 g/mol. The highest BCUT2D eigenvalue weighted by atomic mass is 79.9. The molecule has 1 rings (SSSR count). The van der Waals surface area contributed by atoms with Gasteiger partial charge >= 0.3 is 0 Å². The Morgan fingerprint density at radius 1 is 1.11 bits per heavy atom. The molecule has 2 amide bonds. The van der Waals surface area contributed by atoms with Gasteiger partial charge in [-0.15, -0.1) is 0 Å². The first kappa shape index (κ1) is 15.6. The average molecular weight is 444 g/mol. The third kappa shape index (κ3) is 4.68. The predicted octanol–water partition coefficient (Wildman–Crippen LogP) is 1.99. The standard InChI is InChI=1S/C10H10Br3N3O2/c11-5-1-6(12)10(7(13)2-5)16-9(18)4-15-8(17)3-14/h1-2H,3-4,14H2,(H,15,17)(H,16,18). The Hall–Kier alpha value is -0.440. The number of carbonyl (C=O) groups excluding carboxylic acids is 2. The number of hydrogen-bond donors (Lipinski definition) is 3. The molecular formula is C10H10Br3N3O2. The summed E-state index contributed by atoms with van der Waals surface area (Å²) < 4.78 is 2.32. The Labute approximate surface area is 129 Å². The second kappa shape index (κ2) is 7.22. The first-order valence-electron chi connectivity index (χ1n) is 4.85. The van der Waals surface area contributed by atoms with Crippen LogP contribution in [0.15, 0.2) is 25.6 Å². The lowest BCUT2D eigenvalue weighted by molar-refractivity contribution is -0.123. The zero-order chi connectivity index (χ0) is 13.7. The molecule has 0 aliphatic carbocycles. The summed E-state index contributed by atoms with van der Waals surface area (Å²) in [4.78, 5) is 22.5. The van der Waals surface area contributed by atoms with Gasteiger partial charge in [0.1, 0.15) is 0 Å². The molecule has 0 spiro atoms. The number of nitrogens with two attached hydrogens (primary N) is 1. The van der Waals surface area contributed by atoms with Gasteiger partial charge in [0.05, 0.1) is 18.8 Å². The lowest BCUT2D eigenvalue weighted by atomic mass is 10.3. The van der Waals surface area contributed by atoms with Gasteiger partial charge in [-0.25, -0.2) is 0 Å². The van der Waals surface area contributed by atoms with E-state index in [1.54, 1.807) is 12.1 Å². The minimum atomic E-state index is -0.376. The topological polar surface area (TPSA) is 84.2 Å². The molecule has 98 valence electrons. The third-order valence-electron chi connectivity index (χ3n) is 1.90. The van der Waals surface area contributed by atoms with Crippen molar-refractivity contribution in [3.05, 3.63) is 25.6 Å². The quantitative estimate of drug-likeness (QED) is 0.665. The summed E-state index contributed by atoms with van der Waals surface area (Å²) in [5, 5.41) is 5.06. The summed E-state index contributed by atoms with van der Waals surface area (Å²) in [6.45, 7) is -0.260. The highest BCUT2D eigenvalue weighted by Crippen LogP contribution is 2.34.